The smallest absolute Gasteiger partial charge is 0.407 e. The van der Waals surface area contributed by atoms with E-state index in [2.05, 4.69) is 26.1 Å². The molecule has 0 saturated carbocycles. The minimum absolute atomic E-state index is 0.185. The van der Waals surface area contributed by atoms with E-state index < -0.39 is 40.1 Å². The SMILES string of the molecule is CC(C)(C)OC(=O)N[C@@H](Cc1ccccc1)[C@@H](C(C)(C)C)C(C)(C)[C@@](CC=Cc1ccccc1)(O[SiH3])C(=O)O. The Hall–Kier alpha value is -2.90. The molecule has 0 bridgehead atoms. The van der Waals surface area contributed by atoms with Gasteiger partial charge in [0.2, 0.25) is 0 Å². The largest absolute Gasteiger partial charge is 0.479 e. The Kier molecular flexibility index (Phi) is 10.7. The van der Waals surface area contributed by atoms with Crippen molar-refractivity contribution >= 4 is 28.6 Å². The van der Waals surface area contributed by atoms with Crippen molar-refractivity contribution in [2.75, 3.05) is 0 Å². The van der Waals surface area contributed by atoms with Crippen LogP contribution in [0.25, 0.3) is 6.08 Å². The Balaban J connectivity index is 2.61. The first-order valence-electron chi connectivity index (χ1n) is 13.6. The molecular formula is C32H47NO5Si. The molecule has 0 spiro atoms. The Morgan fingerprint density at radius 1 is 0.923 bits per heavy atom. The lowest BCUT2D eigenvalue weighted by molar-refractivity contribution is -0.177. The van der Waals surface area contributed by atoms with Crippen molar-refractivity contribution in [1.82, 2.24) is 5.32 Å². The van der Waals surface area contributed by atoms with Crippen molar-refractivity contribution in [2.24, 2.45) is 16.7 Å². The number of carboxylic acids is 1. The van der Waals surface area contributed by atoms with Crippen molar-refractivity contribution in [2.45, 2.75) is 85.5 Å². The zero-order valence-electron chi connectivity index (χ0n) is 25.1. The molecule has 7 heteroatoms. The van der Waals surface area contributed by atoms with E-state index in [1.165, 1.54) is 0 Å². The molecule has 2 aromatic carbocycles. The zero-order valence-corrected chi connectivity index (χ0v) is 27.1. The van der Waals surface area contributed by atoms with Crippen LogP contribution in [0, 0.1) is 16.7 Å². The molecule has 3 atom stereocenters. The number of hydrogen-bond acceptors (Lipinski definition) is 4. The quantitative estimate of drug-likeness (QED) is 0.332. The number of amides is 1. The van der Waals surface area contributed by atoms with Gasteiger partial charge in [-0.25, -0.2) is 9.59 Å². The molecule has 0 unspecified atom stereocenters. The minimum atomic E-state index is -1.51. The van der Waals surface area contributed by atoms with Gasteiger partial charge in [0, 0.05) is 17.9 Å². The summed E-state index contributed by atoms with van der Waals surface area (Å²) in [4.78, 5) is 26.2. The van der Waals surface area contributed by atoms with Gasteiger partial charge in [-0.1, -0.05) is 107 Å². The summed E-state index contributed by atoms with van der Waals surface area (Å²) in [5.41, 5.74) is -1.45. The lowest BCUT2D eigenvalue weighted by atomic mass is 9.55. The highest BCUT2D eigenvalue weighted by atomic mass is 28.2. The predicted octanol–water partition coefficient (Wildman–Crippen LogP) is 6.03. The number of benzene rings is 2. The maximum Gasteiger partial charge on any atom is 0.407 e. The molecular weight excluding hydrogens is 506 g/mol. The number of rotatable bonds is 11. The summed E-state index contributed by atoms with van der Waals surface area (Å²) < 4.78 is 11.8. The van der Waals surface area contributed by atoms with Gasteiger partial charge in [-0.15, -0.1) is 0 Å². The van der Waals surface area contributed by atoms with Crippen molar-refractivity contribution in [3.05, 3.63) is 77.9 Å². The first-order chi connectivity index (χ1) is 18.0. The van der Waals surface area contributed by atoms with Crippen LogP contribution in [0.5, 0.6) is 0 Å². The number of ether oxygens (including phenoxy) is 1. The number of carbonyl (C=O) groups is 2. The number of aliphatic carboxylic acids is 1. The van der Waals surface area contributed by atoms with Crippen molar-refractivity contribution in [3.8, 4) is 0 Å². The molecule has 6 nitrogen and oxygen atoms in total. The Morgan fingerprint density at radius 3 is 1.92 bits per heavy atom. The highest BCUT2D eigenvalue weighted by Gasteiger charge is 2.59. The van der Waals surface area contributed by atoms with Crippen LogP contribution in [0.3, 0.4) is 0 Å². The third-order valence-electron chi connectivity index (χ3n) is 7.36. The lowest BCUT2D eigenvalue weighted by Crippen LogP contribution is -2.63. The fourth-order valence-corrected chi connectivity index (χ4v) is 6.87. The highest BCUT2D eigenvalue weighted by molar-refractivity contribution is 6.00. The summed E-state index contributed by atoms with van der Waals surface area (Å²) >= 11 is 0. The molecule has 0 saturated heterocycles. The van der Waals surface area contributed by atoms with E-state index in [4.69, 9.17) is 9.16 Å². The monoisotopic (exact) mass is 553 g/mol. The normalized spacial score (nSPS) is 15.9. The van der Waals surface area contributed by atoms with Gasteiger partial charge >= 0.3 is 12.1 Å². The van der Waals surface area contributed by atoms with Gasteiger partial charge in [-0.3, -0.25) is 0 Å². The average Bonchev–Trinajstić information content (AvgIpc) is 2.80. The van der Waals surface area contributed by atoms with Crippen molar-refractivity contribution < 1.29 is 23.9 Å². The molecule has 1 amide bonds. The maximum absolute atomic E-state index is 13.1. The third-order valence-corrected chi connectivity index (χ3v) is 8.06. The van der Waals surface area contributed by atoms with Crippen LogP contribution in [0.2, 0.25) is 0 Å². The Labute approximate surface area is 237 Å². The van der Waals surface area contributed by atoms with Crippen LogP contribution in [0.1, 0.15) is 72.9 Å². The number of carboxylic acid groups (broad SMARTS) is 1. The van der Waals surface area contributed by atoms with E-state index in [1.807, 2.05) is 107 Å². The Morgan fingerprint density at radius 2 is 1.46 bits per heavy atom. The summed E-state index contributed by atoms with van der Waals surface area (Å²) in [5.74, 6) is -1.32. The molecule has 0 heterocycles. The first-order valence-corrected chi connectivity index (χ1v) is 14.4. The maximum atomic E-state index is 13.1. The van der Waals surface area contributed by atoms with Crippen LogP contribution < -0.4 is 5.32 Å². The van der Waals surface area contributed by atoms with Crippen LogP contribution in [0.4, 0.5) is 4.79 Å². The first kappa shape index (κ1) is 32.3. The molecule has 0 aliphatic heterocycles. The minimum Gasteiger partial charge on any atom is -0.479 e. The summed E-state index contributed by atoms with van der Waals surface area (Å²) in [6.07, 6.45) is 3.99. The second kappa shape index (κ2) is 13.0. The summed E-state index contributed by atoms with van der Waals surface area (Å²) in [6, 6.07) is 19.3. The number of alkyl carbamates (subject to hydrolysis) is 1. The summed E-state index contributed by atoms with van der Waals surface area (Å²) in [7, 11) is 0.233. The lowest BCUT2D eigenvalue weighted by Gasteiger charge is -2.54. The van der Waals surface area contributed by atoms with Gasteiger partial charge in [-0.05, 0) is 49.7 Å². The van der Waals surface area contributed by atoms with Crippen LogP contribution in [-0.4, -0.2) is 44.9 Å². The van der Waals surface area contributed by atoms with E-state index in [0.29, 0.717) is 6.42 Å². The molecule has 0 fully saturated rings. The molecule has 0 aliphatic rings. The average molecular weight is 554 g/mol. The standard InChI is InChI=1S/C32H47NO5Si/c1-29(2,3)26(25(22-24-18-13-10-14-19-24)33-28(36)37-30(4,5)6)31(7,8)32(38-39,27(34)35)21-15-20-23-16-11-9-12-17-23/h9-20,25-26H,21-22H2,1-8,39H3,(H,33,36)(H,34,35)/t25-,26-,32-/m0/s1. The molecule has 0 aromatic heterocycles. The van der Waals surface area contributed by atoms with Crippen molar-refractivity contribution in [3.63, 3.8) is 0 Å². The van der Waals surface area contributed by atoms with E-state index in [9.17, 15) is 14.7 Å². The molecule has 2 rings (SSSR count). The second-order valence-corrected chi connectivity index (χ2v) is 13.3. The number of carbonyl (C=O) groups excluding carboxylic acids is 1. The fourth-order valence-electron chi connectivity index (χ4n) is 6.00. The van der Waals surface area contributed by atoms with E-state index in [0.717, 1.165) is 11.1 Å². The summed E-state index contributed by atoms with van der Waals surface area (Å²) in [6.45, 7) is 15.7. The molecule has 0 radical (unpaired) electrons. The zero-order chi connectivity index (χ0) is 29.5. The van der Waals surface area contributed by atoms with Crippen molar-refractivity contribution in [1.29, 1.82) is 0 Å². The van der Waals surface area contributed by atoms with Gasteiger partial charge in [-0.2, -0.15) is 0 Å². The van der Waals surface area contributed by atoms with Gasteiger partial charge in [0.25, 0.3) is 0 Å². The van der Waals surface area contributed by atoms with E-state index >= 15 is 0 Å². The molecule has 39 heavy (non-hydrogen) atoms. The van der Waals surface area contributed by atoms with Gasteiger partial charge in [0.15, 0.2) is 5.60 Å². The summed E-state index contributed by atoms with van der Waals surface area (Å²) in [5, 5.41) is 13.9. The number of nitrogens with one attached hydrogen (secondary N) is 1. The molecule has 2 aromatic rings. The predicted molar refractivity (Wildman–Crippen MR) is 162 cm³/mol. The topological polar surface area (TPSA) is 84.9 Å². The Bertz CT molecular complexity index is 1100. The van der Waals surface area contributed by atoms with E-state index in [-0.39, 0.29) is 22.8 Å². The van der Waals surface area contributed by atoms with Crippen LogP contribution in [-0.2, 0) is 20.4 Å². The fraction of sp³-hybridized carbons (Fsp3) is 0.500. The molecule has 0 aliphatic carbocycles. The highest BCUT2D eigenvalue weighted by Crippen LogP contribution is 2.52. The second-order valence-electron chi connectivity index (χ2n) is 12.9. The van der Waals surface area contributed by atoms with Crippen LogP contribution in [0.15, 0.2) is 66.7 Å². The number of hydrogen-bond donors (Lipinski definition) is 2. The molecule has 2 N–H and O–H groups in total. The van der Waals surface area contributed by atoms with E-state index in [1.54, 1.807) is 0 Å². The van der Waals surface area contributed by atoms with Gasteiger partial charge in [0.1, 0.15) is 16.1 Å². The van der Waals surface area contributed by atoms with Gasteiger partial charge < -0.3 is 19.6 Å². The molecule has 214 valence electrons. The van der Waals surface area contributed by atoms with Crippen LogP contribution >= 0.6 is 0 Å². The van der Waals surface area contributed by atoms with Gasteiger partial charge in [0.05, 0.1) is 0 Å². The third kappa shape index (κ3) is 8.54.